The predicted molar refractivity (Wildman–Crippen MR) is 166 cm³/mol. The predicted octanol–water partition coefficient (Wildman–Crippen LogP) is 4.15. The number of likely N-dealkylation sites (tertiary alicyclic amines) is 1. The van der Waals surface area contributed by atoms with Gasteiger partial charge in [0.15, 0.2) is 11.6 Å². The Morgan fingerprint density at radius 2 is 1.84 bits per heavy atom. The molecular formula is C30H38ClF2N7O4. The zero-order valence-electron chi connectivity index (χ0n) is 25.5. The molecule has 1 aromatic heterocycles. The molecule has 0 aliphatic carbocycles. The minimum atomic E-state index is -1.06. The van der Waals surface area contributed by atoms with Gasteiger partial charge in [0.25, 0.3) is 0 Å². The lowest BCUT2D eigenvalue weighted by atomic mass is 9.85. The molecule has 1 saturated heterocycles. The summed E-state index contributed by atoms with van der Waals surface area (Å²) in [6, 6.07) is 4.76. The maximum atomic E-state index is 14.4. The molecule has 14 heteroatoms. The molecule has 3 amide bonds. The standard InChI is InChI=1S/C30H37F2N7O4.ClH/c1-16(33-5)27(40)38-25(30(2,3)4)29(42)39-12-8-11-22(39)28(41)37-21-13-17-20(14-23(21)43-6)34-15-35-26(17)36-19-10-7-9-18(31)24(19)32;/h7,9-10,13-16,22,25,33H,8,11-12H2,1-6H3,(H,37,41)(H,38,40)(H,34,35,36);1H/t16-,22-,25+;/m0./s1. The third kappa shape index (κ3) is 7.33. The summed E-state index contributed by atoms with van der Waals surface area (Å²) in [4.78, 5) is 50.0. The molecule has 238 valence electrons. The van der Waals surface area contributed by atoms with Gasteiger partial charge in [-0.3, -0.25) is 14.4 Å². The average molecular weight is 634 g/mol. The fourth-order valence-corrected chi connectivity index (χ4v) is 4.91. The Bertz CT molecular complexity index is 1540. The molecule has 2 aromatic carbocycles. The molecule has 0 saturated carbocycles. The van der Waals surface area contributed by atoms with E-state index in [-0.39, 0.29) is 41.4 Å². The van der Waals surface area contributed by atoms with Gasteiger partial charge in [-0.1, -0.05) is 26.8 Å². The van der Waals surface area contributed by atoms with Crippen LogP contribution in [0.4, 0.5) is 26.0 Å². The van der Waals surface area contributed by atoms with E-state index in [1.807, 2.05) is 20.8 Å². The van der Waals surface area contributed by atoms with Crippen molar-refractivity contribution in [3.63, 3.8) is 0 Å². The van der Waals surface area contributed by atoms with Crippen molar-refractivity contribution in [1.82, 2.24) is 25.5 Å². The number of benzene rings is 2. The Hall–Kier alpha value is -4.10. The number of anilines is 3. The molecule has 44 heavy (non-hydrogen) atoms. The molecule has 1 aliphatic heterocycles. The van der Waals surface area contributed by atoms with Gasteiger partial charge >= 0.3 is 0 Å². The van der Waals surface area contributed by atoms with Crippen LogP contribution in [0.1, 0.15) is 40.5 Å². The highest BCUT2D eigenvalue weighted by Crippen LogP contribution is 2.34. The molecule has 1 aliphatic rings. The van der Waals surface area contributed by atoms with Crippen molar-refractivity contribution in [3.8, 4) is 5.75 Å². The van der Waals surface area contributed by atoms with Crippen molar-refractivity contribution in [3.05, 3.63) is 48.3 Å². The van der Waals surface area contributed by atoms with Crippen LogP contribution in [0, 0.1) is 17.0 Å². The van der Waals surface area contributed by atoms with Crippen LogP contribution < -0.4 is 26.0 Å². The number of nitrogens with one attached hydrogen (secondary N) is 4. The number of hydrogen-bond donors (Lipinski definition) is 4. The Labute approximate surface area is 260 Å². The molecule has 4 N–H and O–H groups in total. The van der Waals surface area contributed by atoms with Crippen molar-refractivity contribution < 1.29 is 27.9 Å². The maximum Gasteiger partial charge on any atom is 0.247 e. The number of methoxy groups -OCH3 is 1. The summed E-state index contributed by atoms with van der Waals surface area (Å²) in [6.07, 6.45) is 2.31. The number of carbonyl (C=O) groups is 3. The zero-order chi connectivity index (χ0) is 31.5. The summed E-state index contributed by atoms with van der Waals surface area (Å²) in [5.74, 6) is -2.69. The molecule has 2 heterocycles. The number of fused-ring (bicyclic) bond motifs is 1. The van der Waals surface area contributed by atoms with Crippen molar-refractivity contribution in [2.24, 2.45) is 5.41 Å². The number of hydrogen-bond acceptors (Lipinski definition) is 8. The summed E-state index contributed by atoms with van der Waals surface area (Å²) in [7, 11) is 3.10. The van der Waals surface area contributed by atoms with E-state index in [1.165, 1.54) is 30.5 Å². The highest BCUT2D eigenvalue weighted by Gasteiger charge is 2.42. The largest absolute Gasteiger partial charge is 0.494 e. The van der Waals surface area contributed by atoms with Gasteiger partial charge in [-0.15, -0.1) is 12.4 Å². The molecule has 0 unspecified atom stereocenters. The second kappa shape index (κ2) is 14.1. The van der Waals surface area contributed by atoms with E-state index in [0.29, 0.717) is 36.0 Å². The SMILES string of the molecule is CN[C@@H](C)C(=O)N[C@H](C(=O)N1CCC[C@H]1C(=O)Nc1cc2c(Nc3cccc(F)c3F)ncnc2cc1OC)C(C)(C)C.Cl. The first-order valence-electron chi connectivity index (χ1n) is 14.0. The van der Waals surface area contributed by atoms with Crippen molar-refractivity contribution in [1.29, 1.82) is 0 Å². The Morgan fingerprint density at radius 3 is 2.50 bits per heavy atom. The number of carbonyl (C=O) groups excluding carboxylic acids is 3. The molecule has 3 aromatic rings. The highest BCUT2D eigenvalue weighted by atomic mass is 35.5. The molecule has 1 fully saturated rings. The van der Waals surface area contributed by atoms with Crippen LogP contribution in [-0.4, -0.2) is 71.4 Å². The van der Waals surface area contributed by atoms with E-state index < -0.39 is 41.1 Å². The van der Waals surface area contributed by atoms with Gasteiger partial charge in [0.1, 0.15) is 30.0 Å². The summed E-state index contributed by atoms with van der Waals surface area (Å²) in [5.41, 5.74) is -0.0245. The summed E-state index contributed by atoms with van der Waals surface area (Å²) >= 11 is 0. The summed E-state index contributed by atoms with van der Waals surface area (Å²) in [5, 5.41) is 11.8. The van der Waals surface area contributed by atoms with Crippen LogP contribution >= 0.6 is 12.4 Å². The van der Waals surface area contributed by atoms with E-state index in [4.69, 9.17) is 4.74 Å². The Balaban J connectivity index is 0.00000529. The zero-order valence-corrected chi connectivity index (χ0v) is 26.3. The molecule has 3 atom stereocenters. The molecule has 0 radical (unpaired) electrons. The van der Waals surface area contributed by atoms with Crippen molar-refractivity contribution >= 4 is 58.2 Å². The minimum absolute atomic E-state index is 0. The van der Waals surface area contributed by atoms with Crippen molar-refractivity contribution in [2.45, 2.75) is 58.7 Å². The topological polar surface area (TPSA) is 138 Å². The lowest BCUT2D eigenvalue weighted by Crippen LogP contribution is -2.59. The van der Waals surface area contributed by atoms with Crippen LogP contribution in [0.2, 0.25) is 0 Å². The van der Waals surface area contributed by atoms with Gasteiger partial charge in [0, 0.05) is 18.0 Å². The van der Waals surface area contributed by atoms with Gasteiger partial charge in [0.2, 0.25) is 17.7 Å². The van der Waals surface area contributed by atoms with E-state index in [1.54, 1.807) is 26.1 Å². The van der Waals surface area contributed by atoms with Crippen LogP contribution in [0.15, 0.2) is 36.7 Å². The van der Waals surface area contributed by atoms with E-state index in [0.717, 1.165) is 6.07 Å². The number of likely N-dealkylation sites (N-methyl/N-ethyl adjacent to an activating group) is 1. The summed E-state index contributed by atoms with van der Waals surface area (Å²) < 4.78 is 33.7. The van der Waals surface area contributed by atoms with Crippen LogP contribution in [-0.2, 0) is 14.4 Å². The number of rotatable bonds is 9. The maximum absolute atomic E-state index is 14.4. The number of halogens is 3. The van der Waals surface area contributed by atoms with E-state index >= 15 is 0 Å². The first kappa shape index (κ1) is 34.4. The quantitative estimate of drug-likeness (QED) is 0.276. The molecular weight excluding hydrogens is 596 g/mol. The lowest BCUT2D eigenvalue weighted by Gasteiger charge is -2.36. The van der Waals surface area contributed by atoms with E-state index in [2.05, 4.69) is 31.2 Å². The third-order valence-electron chi connectivity index (χ3n) is 7.48. The van der Waals surface area contributed by atoms with Crippen LogP contribution in [0.5, 0.6) is 5.75 Å². The van der Waals surface area contributed by atoms with Gasteiger partial charge in [-0.2, -0.15) is 0 Å². The first-order chi connectivity index (χ1) is 20.3. The van der Waals surface area contributed by atoms with Crippen molar-refractivity contribution in [2.75, 3.05) is 31.3 Å². The second-order valence-electron chi connectivity index (χ2n) is 11.5. The molecule has 0 spiro atoms. The average Bonchev–Trinajstić information content (AvgIpc) is 3.47. The lowest BCUT2D eigenvalue weighted by molar-refractivity contribution is -0.143. The number of nitrogens with zero attached hydrogens (tertiary/aromatic N) is 3. The third-order valence-corrected chi connectivity index (χ3v) is 7.48. The number of aromatic nitrogens is 2. The number of amides is 3. The fourth-order valence-electron chi connectivity index (χ4n) is 4.91. The number of ether oxygens (including phenoxy) is 1. The van der Waals surface area contributed by atoms with Crippen LogP contribution in [0.3, 0.4) is 0 Å². The summed E-state index contributed by atoms with van der Waals surface area (Å²) in [6.45, 7) is 7.62. The smallest absolute Gasteiger partial charge is 0.247 e. The normalized spacial score (nSPS) is 16.1. The first-order valence-corrected chi connectivity index (χ1v) is 14.0. The van der Waals surface area contributed by atoms with E-state index in [9.17, 15) is 23.2 Å². The van der Waals surface area contributed by atoms with Gasteiger partial charge in [-0.25, -0.2) is 18.7 Å². The second-order valence-corrected chi connectivity index (χ2v) is 11.5. The highest BCUT2D eigenvalue weighted by molar-refractivity contribution is 6.03. The van der Waals surface area contributed by atoms with Gasteiger partial charge in [-0.05, 0) is 50.4 Å². The Kier molecular flexibility index (Phi) is 11.0. The molecule has 4 rings (SSSR count). The fraction of sp³-hybridized carbons (Fsp3) is 0.433. The minimum Gasteiger partial charge on any atom is -0.494 e. The monoisotopic (exact) mass is 633 g/mol. The Morgan fingerprint density at radius 1 is 1.11 bits per heavy atom. The molecule has 0 bridgehead atoms. The van der Waals surface area contributed by atoms with Gasteiger partial charge < -0.3 is 30.9 Å². The van der Waals surface area contributed by atoms with Gasteiger partial charge in [0.05, 0.1) is 30.0 Å². The van der Waals surface area contributed by atoms with Crippen LogP contribution in [0.25, 0.3) is 10.9 Å². The molecule has 11 nitrogen and oxygen atoms in total.